The van der Waals surface area contributed by atoms with Crippen molar-refractivity contribution in [1.29, 1.82) is 0 Å². The standard InChI is InChI=1S/C26H35N5O3/c1-17(32)30(2)22-7-4-3-6-20(22)15-24(33)31-13-5-8-23(31)26(34)29-16-18-9-10-21-19(14-18)11-12-28-25(21)27/h9-12,14,20,22-23H,3-8,13,15-16H2,1-2H3,(H2,27,28)(H,29,34)/t20?,22?,23-/m0/s1. The molecule has 0 spiro atoms. The predicted octanol–water partition coefficient (Wildman–Crippen LogP) is 2.85. The van der Waals surface area contributed by atoms with Gasteiger partial charge < -0.3 is 20.9 Å². The van der Waals surface area contributed by atoms with E-state index in [0.29, 0.717) is 31.7 Å². The summed E-state index contributed by atoms with van der Waals surface area (Å²) in [6.45, 7) is 2.58. The number of carbonyl (C=O) groups excluding carboxylic acids is 3. The molecular weight excluding hydrogens is 430 g/mol. The Hall–Kier alpha value is -3.16. The molecule has 0 bridgehead atoms. The van der Waals surface area contributed by atoms with Gasteiger partial charge in [-0.15, -0.1) is 0 Å². The van der Waals surface area contributed by atoms with Gasteiger partial charge in [-0.25, -0.2) is 4.98 Å². The molecule has 3 amide bonds. The molecular formula is C26H35N5O3. The van der Waals surface area contributed by atoms with Crippen molar-refractivity contribution in [2.45, 2.75) is 70.5 Å². The van der Waals surface area contributed by atoms with Crippen molar-refractivity contribution in [2.24, 2.45) is 5.92 Å². The number of anilines is 1. The summed E-state index contributed by atoms with van der Waals surface area (Å²) >= 11 is 0. The van der Waals surface area contributed by atoms with Gasteiger partial charge in [0.25, 0.3) is 0 Å². The molecule has 2 unspecified atom stereocenters. The van der Waals surface area contributed by atoms with Gasteiger partial charge in [-0.3, -0.25) is 14.4 Å². The maximum absolute atomic E-state index is 13.2. The largest absolute Gasteiger partial charge is 0.383 e. The van der Waals surface area contributed by atoms with E-state index < -0.39 is 6.04 Å². The van der Waals surface area contributed by atoms with Gasteiger partial charge >= 0.3 is 0 Å². The van der Waals surface area contributed by atoms with Crippen LogP contribution in [0, 0.1) is 5.92 Å². The SMILES string of the molecule is CC(=O)N(C)C1CCCCC1CC(=O)N1CCC[C@H]1C(=O)NCc1ccc2c(N)nccc2c1. The predicted molar refractivity (Wildman–Crippen MR) is 132 cm³/mol. The minimum absolute atomic E-state index is 0.0279. The van der Waals surface area contributed by atoms with Gasteiger partial charge in [0.15, 0.2) is 0 Å². The Bertz CT molecular complexity index is 1070. The molecule has 1 saturated carbocycles. The zero-order valence-corrected chi connectivity index (χ0v) is 20.1. The summed E-state index contributed by atoms with van der Waals surface area (Å²) in [7, 11) is 1.83. The zero-order chi connectivity index (χ0) is 24.2. The van der Waals surface area contributed by atoms with Crippen LogP contribution in [-0.2, 0) is 20.9 Å². The van der Waals surface area contributed by atoms with Gasteiger partial charge in [-0.1, -0.05) is 25.0 Å². The molecule has 0 radical (unpaired) electrons. The number of nitrogens with one attached hydrogen (secondary N) is 1. The van der Waals surface area contributed by atoms with Crippen molar-refractivity contribution < 1.29 is 14.4 Å². The smallest absolute Gasteiger partial charge is 0.243 e. The minimum Gasteiger partial charge on any atom is -0.383 e. The number of hydrogen-bond acceptors (Lipinski definition) is 5. The highest BCUT2D eigenvalue weighted by atomic mass is 16.2. The maximum Gasteiger partial charge on any atom is 0.243 e. The Morgan fingerprint density at radius 1 is 1.15 bits per heavy atom. The van der Waals surface area contributed by atoms with Crippen molar-refractivity contribution in [3.05, 3.63) is 36.0 Å². The lowest BCUT2D eigenvalue weighted by Crippen LogP contribution is -2.48. The van der Waals surface area contributed by atoms with Gasteiger partial charge in [-0.05, 0) is 54.7 Å². The van der Waals surface area contributed by atoms with Crippen LogP contribution in [0.5, 0.6) is 0 Å². The van der Waals surface area contributed by atoms with Crippen molar-refractivity contribution in [1.82, 2.24) is 20.1 Å². The quantitative estimate of drug-likeness (QED) is 0.682. The highest BCUT2D eigenvalue weighted by Gasteiger charge is 2.37. The number of carbonyl (C=O) groups is 3. The number of amides is 3. The Labute approximate surface area is 200 Å². The molecule has 2 heterocycles. The van der Waals surface area contributed by atoms with Crippen molar-refractivity contribution in [3.63, 3.8) is 0 Å². The first-order valence-corrected chi connectivity index (χ1v) is 12.3. The Kier molecular flexibility index (Phi) is 7.34. The number of fused-ring (bicyclic) bond motifs is 1. The van der Waals surface area contributed by atoms with Crippen LogP contribution in [0.15, 0.2) is 30.5 Å². The molecule has 8 heteroatoms. The fraction of sp³-hybridized carbons (Fsp3) is 0.538. The molecule has 3 N–H and O–H groups in total. The topological polar surface area (TPSA) is 109 Å². The van der Waals surface area contributed by atoms with E-state index in [1.807, 2.05) is 31.3 Å². The van der Waals surface area contributed by atoms with E-state index in [9.17, 15) is 14.4 Å². The summed E-state index contributed by atoms with van der Waals surface area (Å²) in [5, 5.41) is 4.89. The molecule has 1 aliphatic heterocycles. The summed E-state index contributed by atoms with van der Waals surface area (Å²) in [5.41, 5.74) is 6.90. The minimum atomic E-state index is -0.430. The summed E-state index contributed by atoms with van der Waals surface area (Å²) < 4.78 is 0. The second-order valence-corrected chi connectivity index (χ2v) is 9.66. The lowest BCUT2D eigenvalue weighted by Gasteiger charge is -2.38. The Morgan fingerprint density at radius 3 is 2.74 bits per heavy atom. The third-order valence-corrected chi connectivity index (χ3v) is 7.50. The van der Waals surface area contributed by atoms with Gasteiger partial charge in [0.05, 0.1) is 0 Å². The second kappa shape index (κ2) is 10.4. The average molecular weight is 466 g/mol. The summed E-state index contributed by atoms with van der Waals surface area (Å²) in [6, 6.07) is 7.43. The van der Waals surface area contributed by atoms with Crippen LogP contribution in [-0.4, -0.2) is 58.2 Å². The fourth-order valence-corrected chi connectivity index (χ4v) is 5.52. The lowest BCUT2D eigenvalue weighted by atomic mass is 9.81. The Morgan fingerprint density at radius 2 is 1.94 bits per heavy atom. The zero-order valence-electron chi connectivity index (χ0n) is 20.1. The summed E-state index contributed by atoms with van der Waals surface area (Å²) in [4.78, 5) is 45.8. The number of aromatic nitrogens is 1. The molecule has 1 aliphatic carbocycles. The monoisotopic (exact) mass is 465 g/mol. The van der Waals surface area contributed by atoms with Gasteiger partial charge in [0.2, 0.25) is 17.7 Å². The summed E-state index contributed by atoms with van der Waals surface area (Å²) in [5.74, 6) is 0.596. The molecule has 1 saturated heterocycles. The molecule has 2 fully saturated rings. The second-order valence-electron chi connectivity index (χ2n) is 9.66. The van der Waals surface area contributed by atoms with Crippen molar-refractivity contribution in [3.8, 4) is 0 Å². The highest BCUT2D eigenvalue weighted by molar-refractivity contribution is 5.91. The highest BCUT2D eigenvalue weighted by Crippen LogP contribution is 2.32. The number of benzene rings is 1. The Balaban J connectivity index is 1.37. The first-order valence-electron chi connectivity index (χ1n) is 12.3. The first kappa shape index (κ1) is 24.0. The third kappa shape index (κ3) is 5.16. The van der Waals surface area contributed by atoms with E-state index in [2.05, 4.69) is 10.3 Å². The number of likely N-dealkylation sites (tertiary alicyclic amines) is 1. The molecule has 34 heavy (non-hydrogen) atoms. The number of rotatable bonds is 6. The summed E-state index contributed by atoms with van der Waals surface area (Å²) in [6.07, 6.45) is 7.62. The van der Waals surface area contributed by atoms with Crippen LogP contribution in [0.2, 0.25) is 0 Å². The number of nitrogens with zero attached hydrogens (tertiary/aromatic N) is 3. The maximum atomic E-state index is 13.2. The molecule has 1 aromatic carbocycles. The van der Waals surface area contributed by atoms with E-state index in [-0.39, 0.29) is 29.7 Å². The van der Waals surface area contributed by atoms with Crippen LogP contribution in [0.4, 0.5) is 5.82 Å². The van der Waals surface area contributed by atoms with Gasteiger partial charge in [0.1, 0.15) is 11.9 Å². The number of nitrogen functional groups attached to an aromatic ring is 1. The normalized spacial score (nSPS) is 22.5. The van der Waals surface area contributed by atoms with Gasteiger partial charge in [0, 0.05) is 51.1 Å². The molecule has 182 valence electrons. The van der Waals surface area contributed by atoms with Crippen molar-refractivity contribution >= 4 is 34.3 Å². The number of hydrogen-bond donors (Lipinski definition) is 2. The van der Waals surface area contributed by atoms with Crippen molar-refractivity contribution in [2.75, 3.05) is 19.3 Å². The number of nitrogens with two attached hydrogens (primary N) is 1. The molecule has 3 atom stereocenters. The van der Waals surface area contributed by atoms with E-state index in [4.69, 9.17) is 5.73 Å². The average Bonchev–Trinajstić information content (AvgIpc) is 3.33. The molecule has 2 aromatic rings. The van der Waals surface area contributed by atoms with Crippen LogP contribution in [0.1, 0.15) is 57.4 Å². The third-order valence-electron chi connectivity index (χ3n) is 7.50. The van der Waals surface area contributed by atoms with Crippen LogP contribution < -0.4 is 11.1 Å². The number of pyridine rings is 1. The fourth-order valence-electron chi connectivity index (χ4n) is 5.52. The molecule has 8 nitrogen and oxygen atoms in total. The van der Waals surface area contributed by atoms with E-state index >= 15 is 0 Å². The van der Waals surface area contributed by atoms with E-state index in [1.165, 1.54) is 0 Å². The molecule has 1 aromatic heterocycles. The molecule has 4 rings (SSSR count). The van der Waals surface area contributed by atoms with E-state index in [1.54, 1.807) is 22.9 Å². The lowest BCUT2D eigenvalue weighted by molar-refractivity contribution is -0.140. The molecule has 2 aliphatic rings. The van der Waals surface area contributed by atoms with Gasteiger partial charge in [-0.2, -0.15) is 0 Å². The van der Waals surface area contributed by atoms with Crippen LogP contribution in [0.25, 0.3) is 10.8 Å². The van der Waals surface area contributed by atoms with Crippen LogP contribution >= 0.6 is 0 Å². The first-order chi connectivity index (χ1) is 16.3. The van der Waals surface area contributed by atoms with E-state index in [0.717, 1.165) is 48.4 Å². The van der Waals surface area contributed by atoms with Crippen LogP contribution in [0.3, 0.4) is 0 Å².